The van der Waals surface area contributed by atoms with Gasteiger partial charge >= 0.3 is 0 Å². The molecule has 2 fully saturated rings. The molecule has 2 unspecified atom stereocenters. The summed E-state index contributed by atoms with van der Waals surface area (Å²) < 4.78 is 5.47. The van der Waals surface area contributed by atoms with Gasteiger partial charge in [-0.05, 0) is 19.3 Å². The van der Waals surface area contributed by atoms with Gasteiger partial charge in [-0.3, -0.25) is 0 Å². The predicted octanol–water partition coefficient (Wildman–Crippen LogP) is 1.43. The molecule has 2 rings (SSSR count). The lowest BCUT2D eigenvalue weighted by atomic mass is 9.99. The standard InChI is InChI=1S/C8H14O2/c9-8-5-2-1-3-7(10-8)4-6-8/h7,9H,1-6H2. The van der Waals surface area contributed by atoms with Crippen LogP contribution in [-0.4, -0.2) is 17.0 Å². The first-order chi connectivity index (χ1) is 4.79. The molecule has 0 aromatic rings. The molecule has 0 aliphatic carbocycles. The van der Waals surface area contributed by atoms with Crippen molar-refractivity contribution < 1.29 is 9.84 Å². The largest absolute Gasteiger partial charge is 0.365 e. The van der Waals surface area contributed by atoms with Gasteiger partial charge in [-0.25, -0.2) is 0 Å². The quantitative estimate of drug-likeness (QED) is 0.554. The summed E-state index contributed by atoms with van der Waals surface area (Å²) in [6.45, 7) is 0. The van der Waals surface area contributed by atoms with E-state index in [1.165, 1.54) is 6.42 Å². The Morgan fingerprint density at radius 1 is 1.20 bits per heavy atom. The Balaban J connectivity index is 2.09. The van der Waals surface area contributed by atoms with Gasteiger partial charge in [0.05, 0.1) is 6.10 Å². The van der Waals surface area contributed by atoms with Crippen molar-refractivity contribution in [1.29, 1.82) is 0 Å². The van der Waals surface area contributed by atoms with Gasteiger partial charge in [0, 0.05) is 12.8 Å². The van der Waals surface area contributed by atoms with Crippen molar-refractivity contribution in [2.45, 2.75) is 50.4 Å². The molecule has 0 amide bonds. The molecule has 0 spiro atoms. The molecule has 58 valence electrons. The van der Waals surface area contributed by atoms with E-state index in [0.717, 1.165) is 32.1 Å². The summed E-state index contributed by atoms with van der Waals surface area (Å²) in [6, 6.07) is 0. The van der Waals surface area contributed by atoms with Gasteiger partial charge < -0.3 is 9.84 Å². The van der Waals surface area contributed by atoms with Crippen molar-refractivity contribution in [3.8, 4) is 0 Å². The van der Waals surface area contributed by atoms with E-state index in [2.05, 4.69) is 0 Å². The fourth-order valence-electron chi connectivity index (χ4n) is 1.98. The predicted molar refractivity (Wildman–Crippen MR) is 37.5 cm³/mol. The zero-order valence-corrected chi connectivity index (χ0v) is 6.18. The van der Waals surface area contributed by atoms with Crippen molar-refractivity contribution in [3.05, 3.63) is 0 Å². The maximum absolute atomic E-state index is 9.68. The average Bonchev–Trinajstić information content (AvgIpc) is 2.11. The first-order valence-electron chi connectivity index (χ1n) is 4.19. The van der Waals surface area contributed by atoms with Crippen molar-refractivity contribution in [2.75, 3.05) is 0 Å². The highest BCUT2D eigenvalue weighted by atomic mass is 16.6. The lowest BCUT2D eigenvalue weighted by Gasteiger charge is -2.19. The highest BCUT2D eigenvalue weighted by Crippen LogP contribution is 2.37. The number of hydrogen-bond donors (Lipinski definition) is 1. The highest BCUT2D eigenvalue weighted by molar-refractivity contribution is 4.82. The minimum Gasteiger partial charge on any atom is -0.365 e. The van der Waals surface area contributed by atoms with Crippen LogP contribution in [0.25, 0.3) is 0 Å². The highest BCUT2D eigenvalue weighted by Gasteiger charge is 2.39. The molecule has 10 heavy (non-hydrogen) atoms. The van der Waals surface area contributed by atoms with Gasteiger partial charge in [0.1, 0.15) is 0 Å². The summed E-state index contributed by atoms with van der Waals surface area (Å²) in [4.78, 5) is 0. The zero-order valence-electron chi connectivity index (χ0n) is 6.18. The van der Waals surface area contributed by atoms with E-state index in [4.69, 9.17) is 4.74 Å². The first-order valence-corrected chi connectivity index (χ1v) is 4.19. The van der Waals surface area contributed by atoms with Crippen LogP contribution in [0.3, 0.4) is 0 Å². The molecule has 0 aromatic carbocycles. The maximum Gasteiger partial charge on any atom is 0.165 e. The van der Waals surface area contributed by atoms with Crippen molar-refractivity contribution in [3.63, 3.8) is 0 Å². The van der Waals surface area contributed by atoms with Crippen LogP contribution < -0.4 is 0 Å². The fraction of sp³-hybridized carbons (Fsp3) is 1.00. The Kier molecular flexibility index (Phi) is 1.46. The van der Waals surface area contributed by atoms with Gasteiger partial charge in [-0.1, -0.05) is 6.42 Å². The Morgan fingerprint density at radius 3 is 3.00 bits per heavy atom. The van der Waals surface area contributed by atoms with Gasteiger partial charge in [-0.15, -0.1) is 0 Å². The Labute approximate surface area is 61.2 Å². The molecule has 2 aliphatic rings. The molecule has 2 bridgehead atoms. The molecule has 2 aliphatic heterocycles. The second-order valence-electron chi connectivity index (χ2n) is 3.47. The Hall–Kier alpha value is -0.0800. The maximum atomic E-state index is 9.68. The van der Waals surface area contributed by atoms with Crippen LogP contribution >= 0.6 is 0 Å². The van der Waals surface area contributed by atoms with E-state index in [1.54, 1.807) is 0 Å². The molecule has 2 heteroatoms. The van der Waals surface area contributed by atoms with Crippen LogP contribution in [-0.2, 0) is 4.74 Å². The Bertz CT molecular complexity index is 133. The third-order valence-corrected chi connectivity index (χ3v) is 2.59. The van der Waals surface area contributed by atoms with Crippen molar-refractivity contribution in [1.82, 2.24) is 0 Å². The van der Waals surface area contributed by atoms with E-state index in [0.29, 0.717) is 6.10 Å². The van der Waals surface area contributed by atoms with Crippen LogP contribution in [0.4, 0.5) is 0 Å². The fourth-order valence-corrected chi connectivity index (χ4v) is 1.98. The molecule has 1 N–H and O–H groups in total. The third-order valence-electron chi connectivity index (χ3n) is 2.59. The molecule has 0 aromatic heterocycles. The molecule has 0 radical (unpaired) electrons. The van der Waals surface area contributed by atoms with E-state index in [1.807, 2.05) is 0 Å². The van der Waals surface area contributed by atoms with E-state index in [-0.39, 0.29) is 0 Å². The molecule has 2 nitrogen and oxygen atoms in total. The Morgan fingerprint density at radius 2 is 2.10 bits per heavy atom. The summed E-state index contributed by atoms with van der Waals surface area (Å²) in [7, 11) is 0. The van der Waals surface area contributed by atoms with Crippen LogP contribution in [0.1, 0.15) is 38.5 Å². The second kappa shape index (κ2) is 2.21. The summed E-state index contributed by atoms with van der Waals surface area (Å²) in [5.74, 6) is -0.721. The number of fused-ring (bicyclic) bond motifs is 2. The molecular weight excluding hydrogens is 128 g/mol. The number of rotatable bonds is 0. The lowest BCUT2D eigenvalue weighted by Crippen LogP contribution is -2.26. The van der Waals surface area contributed by atoms with Crippen LogP contribution in [0.2, 0.25) is 0 Å². The third kappa shape index (κ3) is 1.06. The minimum atomic E-state index is -0.721. The lowest BCUT2D eigenvalue weighted by molar-refractivity contribution is -0.189. The summed E-state index contributed by atoms with van der Waals surface area (Å²) >= 11 is 0. The molecule has 2 atom stereocenters. The average molecular weight is 142 g/mol. The normalized spacial score (nSPS) is 47.1. The summed E-state index contributed by atoms with van der Waals surface area (Å²) in [6.07, 6.45) is 6.66. The zero-order chi connectivity index (χ0) is 7.03. The van der Waals surface area contributed by atoms with Crippen LogP contribution in [0.5, 0.6) is 0 Å². The number of hydrogen-bond acceptors (Lipinski definition) is 2. The van der Waals surface area contributed by atoms with Gasteiger partial charge in [-0.2, -0.15) is 0 Å². The minimum absolute atomic E-state index is 0.368. The van der Waals surface area contributed by atoms with E-state index < -0.39 is 5.79 Å². The first kappa shape index (κ1) is 6.62. The van der Waals surface area contributed by atoms with E-state index in [9.17, 15) is 5.11 Å². The monoisotopic (exact) mass is 142 g/mol. The van der Waals surface area contributed by atoms with Gasteiger partial charge in [0.25, 0.3) is 0 Å². The summed E-state index contributed by atoms with van der Waals surface area (Å²) in [5.41, 5.74) is 0. The van der Waals surface area contributed by atoms with Gasteiger partial charge in [0.15, 0.2) is 5.79 Å². The van der Waals surface area contributed by atoms with Crippen molar-refractivity contribution in [2.24, 2.45) is 0 Å². The summed E-state index contributed by atoms with van der Waals surface area (Å²) in [5, 5.41) is 9.68. The smallest absolute Gasteiger partial charge is 0.165 e. The number of ether oxygens (including phenoxy) is 1. The SMILES string of the molecule is OC12CCCCC(CC1)O2. The van der Waals surface area contributed by atoms with E-state index >= 15 is 0 Å². The molecule has 0 saturated carbocycles. The second-order valence-corrected chi connectivity index (χ2v) is 3.47. The topological polar surface area (TPSA) is 29.5 Å². The van der Waals surface area contributed by atoms with Crippen LogP contribution in [0, 0.1) is 0 Å². The number of aliphatic hydroxyl groups is 1. The van der Waals surface area contributed by atoms with Crippen LogP contribution in [0.15, 0.2) is 0 Å². The molecular formula is C8H14O2. The molecule has 2 heterocycles. The van der Waals surface area contributed by atoms with Crippen molar-refractivity contribution >= 4 is 0 Å². The van der Waals surface area contributed by atoms with Gasteiger partial charge in [0.2, 0.25) is 0 Å². The molecule has 2 saturated heterocycles.